The molecular formula is C13H13FN4O3S. The molecule has 22 heavy (non-hydrogen) atoms. The molecule has 0 aliphatic carbocycles. The van der Waals surface area contributed by atoms with Gasteiger partial charge in [0.1, 0.15) is 17.9 Å². The van der Waals surface area contributed by atoms with Crippen molar-refractivity contribution >= 4 is 21.8 Å². The molecule has 0 radical (unpaired) electrons. The van der Waals surface area contributed by atoms with Crippen LogP contribution in [0.5, 0.6) is 0 Å². The summed E-state index contributed by atoms with van der Waals surface area (Å²) in [6, 6.07) is 7.06. The van der Waals surface area contributed by atoms with E-state index >= 15 is 0 Å². The first-order valence-electron chi connectivity index (χ1n) is 6.58. The molecule has 1 fully saturated rings. The van der Waals surface area contributed by atoms with E-state index in [1.54, 1.807) is 29.2 Å². The largest absolute Gasteiger partial charge is 0.311 e. The highest BCUT2D eigenvalue weighted by Crippen LogP contribution is 2.26. The van der Waals surface area contributed by atoms with Crippen LogP contribution >= 0.6 is 0 Å². The number of nitrogens with zero attached hydrogens (tertiary/aromatic N) is 4. The second-order valence-electron chi connectivity index (χ2n) is 5.07. The summed E-state index contributed by atoms with van der Waals surface area (Å²) < 4.78 is 36.6. The Kier molecular flexibility index (Phi) is 3.65. The molecule has 116 valence electrons. The van der Waals surface area contributed by atoms with Gasteiger partial charge in [-0.05, 0) is 17.7 Å². The van der Waals surface area contributed by atoms with Crippen molar-refractivity contribution in [3.8, 4) is 0 Å². The highest BCUT2D eigenvalue weighted by atomic mass is 32.3. The lowest BCUT2D eigenvalue weighted by atomic mass is 10.2. The number of benzene rings is 1. The Hall–Kier alpha value is -2.29. The lowest BCUT2D eigenvalue weighted by molar-refractivity contribution is -0.117. The van der Waals surface area contributed by atoms with E-state index in [-0.39, 0.29) is 13.0 Å². The SMILES string of the molecule is O=C1CC(S(=O)(=O)F)CN1c1cccc(Cn2cncn2)c1. The van der Waals surface area contributed by atoms with Gasteiger partial charge in [0, 0.05) is 18.7 Å². The molecule has 1 aliphatic heterocycles. The minimum absolute atomic E-state index is 0.162. The van der Waals surface area contributed by atoms with E-state index in [9.17, 15) is 17.1 Å². The van der Waals surface area contributed by atoms with Crippen LogP contribution in [0.1, 0.15) is 12.0 Å². The summed E-state index contributed by atoms with van der Waals surface area (Å²) in [4.78, 5) is 17.1. The monoisotopic (exact) mass is 324 g/mol. The summed E-state index contributed by atoms with van der Waals surface area (Å²) >= 11 is 0. The molecule has 1 atom stereocenters. The zero-order chi connectivity index (χ0) is 15.7. The fourth-order valence-electron chi connectivity index (χ4n) is 2.44. The third-order valence-electron chi connectivity index (χ3n) is 3.52. The molecule has 7 nitrogen and oxygen atoms in total. The summed E-state index contributed by atoms with van der Waals surface area (Å²) in [6.45, 7) is 0.311. The van der Waals surface area contributed by atoms with E-state index in [1.807, 2.05) is 6.07 Å². The van der Waals surface area contributed by atoms with Gasteiger partial charge in [0.15, 0.2) is 0 Å². The molecule has 3 rings (SSSR count). The number of hydrogen-bond donors (Lipinski definition) is 0. The first-order valence-corrected chi connectivity index (χ1v) is 8.03. The first-order chi connectivity index (χ1) is 10.4. The predicted molar refractivity (Wildman–Crippen MR) is 76.4 cm³/mol. The van der Waals surface area contributed by atoms with Gasteiger partial charge in [-0.2, -0.15) is 13.5 Å². The van der Waals surface area contributed by atoms with Crippen LogP contribution in [0.4, 0.5) is 9.57 Å². The van der Waals surface area contributed by atoms with E-state index in [1.165, 1.54) is 11.2 Å². The van der Waals surface area contributed by atoms with Crippen molar-refractivity contribution in [1.82, 2.24) is 14.8 Å². The Morgan fingerprint density at radius 3 is 2.82 bits per heavy atom. The molecule has 1 aliphatic rings. The first kappa shape index (κ1) is 14.6. The van der Waals surface area contributed by atoms with E-state index in [0.29, 0.717) is 12.2 Å². The van der Waals surface area contributed by atoms with Crippen molar-refractivity contribution in [2.24, 2.45) is 0 Å². The molecule has 2 heterocycles. The lowest BCUT2D eigenvalue weighted by Gasteiger charge is -2.17. The van der Waals surface area contributed by atoms with Gasteiger partial charge in [0.25, 0.3) is 0 Å². The Morgan fingerprint density at radius 2 is 2.18 bits per heavy atom. The van der Waals surface area contributed by atoms with E-state index in [0.717, 1.165) is 5.56 Å². The molecule has 1 aromatic heterocycles. The van der Waals surface area contributed by atoms with Crippen LogP contribution in [0.15, 0.2) is 36.9 Å². The highest BCUT2D eigenvalue weighted by Gasteiger charge is 2.39. The smallest absolute Gasteiger partial charge is 0.307 e. The molecule has 1 unspecified atom stereocenters. The molecule has 0 N–H and O–H groups in total. The lowest BCUT2D eigenvalue weighted by Crippen LogP contribution is -2.27. The van der Waals surface area contributed by atoms with Crippen molar-refractivity contribution in [2.75, 3.05) is 11.4 Å². The molecule has 2 aromatic rings. The van der Waals surface area contributed by atoms with Crippen LogP contribution in [0.25, 0.3) is 0 Å². The minimum Gasteiger partial charge on any atom is -0.311 e. The van der Waals surface area contributed by atoms with E-state index in [4.69, 9.17) is 0 Å². The summed E-state index contributed by atoms with van der Waals surface area (Å²) in [7, 11) is -4.71. The van der Waals surface area contributed by atoms with Crippen molar-refractivity contribution in [3.05, 3.63) is 42.5 Å². The Morgan fingerprint density at radius 1 is 1.36 bits per heavy atom. The second kappa shape index (κ2) is 5.48. The van der Waals surface area contributed by atoms with Gasteiger partial charge in [-0.1, -0.05) is 12.1 Å². The van der Waals surface area contributed by atoms with Gasteiger partial charge in [0.2, 0.25) is 5.91 Å². The Bertz CT molecular complexity index is 791. The average Bonchev–Trinajstić information content (AvgIpc) is 3.08. The van der Waals surface area contributed by atoms with Crippen molar-refractivity contribution in [1.29, 1.82) is 0 Å². The van der Waals surface area contributed by atoms with Gasteiger partial charge in [-0.25, -0.2) is 9.67 Å². The Labute approximate surface area is 126 Å². The predicted octanol–water partition coefficient (Wildman–Crippen LogP) is 0.731. The normalized spacial score (nSPS) is 18.9. The van der Waals surface area contributed by atoms with Crippen molar-refractivity contribution in [2.45, 2.75) is 18.2 Å². The fraction of sp³-hybridized carbons (Fsp3) is 0.308. The molecular weight excluding hydrogens is 311 g/mol. The fourth-order valence-corrected chi connectivity index (χ4v) is 3.11. The average molecular weight is 324 g/mol. The van der Waals surface area contributed by atoms with Crippen LogP contribution in [0.2, 0.25) is 0 Å². The number of amides is 1. The Balaban J connectivity index is 1.82. The molecule has 1 aromatic carbocycles. The molecule has 0 saturated carbocycles. The van der Waals surface area contributed by atoms with Crippen LogP contribution in [-0.4, -0.2) is 40.9 Å². The number of carbonyl (C=O) groups is 1. The second-order valence-corrected chi connectivity index (χ2v) is 6.69. The van der Waals surface area contributed by atoms with Gasteiger partial charge < -0.3 is 4.90 Å². The summed E-state index contributed by atoms with van der Waals surface area (Å²) in [5, 5.41) is 2.70. The standard InChI is InChI=1S/C13H13FN4O3S/c14-22(20,21)12-5-13(19)18(7-12)11-3-1-2-10(4-11)6-17-9-15-8-16-17/h1-4,8-9,12H,5-7H2. The number of anilines is 1. The quantitative estimate of drug-likeness (QED) is 0.774. The number of rotatable bonds is 4. The molecule has 1 amide bonds. The molecule has 1 saturated heterocycles. The zero-order valence-electron chi connectivity index (χ0n) is 11.5. The van der Waals surface area contributed by atoms with Gasteiger partial charge in [-0.3, -0.25) is 4.79 Å². The summed E-state index contributed by atoms with van der Waals surface area (Å²) in [5.41, 5.74) is 1.43. The van der Waals surface area contributed by atoms with Crippen LogP contribution in [0, 0.1) is 0 Å². The third kappa shape index (κ3) is 2.98. The summed E-state index contributed by atoms with van der Waals surface area (Å²) in [5.74, 6) is -0.399. The van der Waals surface area contributed by atoms with Gasteiger partial charge in [-0.15, -0.1) is 3.89 Å². The number of aromatic nitrogens is 3. The minimum atomic E-state index is -4.71. The highest BCUT2D eigenvalue weighted by molar-refractivity contribution is 7.87. The molecule has 0 bridgehead atoms. The summed E-state index contributed by atoms with van der Waals surface area (Å²) in [6.07, 6.45) is 2.66. The van der Waals surface area contributed by atoms with Crippen molar-refractivity contribution in [3.63, 3.8) is 0 Å². The number of hydrogen-bond acceptors (Lipinski definition) is 5. The maximum Gasteiger partial charge on any atom is 0.307 e. The zero-order valence-corrected chi connectivity index (χ0v) is 12.3. The topological polar surface area (TPSA) is 85.2 Å². The maximum atomic E-state index is 13.1. The molecule has 9 heteroatoms. The van der Waals surface area contributed by atoms with Crippen LogP contribution < -0.4 is 4.90 Å². The van der Waals surface area contributed by atoms with Crippen LogP contribution in [0.3, 0.4) is 0 Å². The maximum absolute atomic E-state index is 13.1. The number of halogens is 1. The van der Waals surface area contributed by atoms with E-state index in [2.05, 4.69) is 10.1 Å². The van der Waals surface area contributed by atoms with Crippen LogP contribution in [-0.2, 0) is 21.6 Å². The third-order valence-corrected chi connectivity index (χ3v) is 4.63. The van der Waals surface area contributed by atoms with Gasteiger partial charge >= 0.3 is 10.2 Å². The number of carbonyl (C=O) groups excluding carboxylic acids is 1. The molecule has 0 spiro atoms. The van der Waals surface area contributed by atoms with Gasteiger partial charge in [0.05, 0.1) is 6.54 Å². The van der Waals surface area contributed by atoms with E-state index < -0.39 is 21.4 Å². The van der Waals surface area contributed by atoms with Crippen molar-refractivity contribution < 1.29 is 17.1 Å².